The molecule has 0 unspecified atom stereocenters. The molecule has 0 spiro atoms. The predicted octanol–water partition coefficient (Wildman–Crippen LogP) is 2.21. The number of fused-ring (bicyclic) bond motifs is 1. The van der Waals surface area contributed by atoms with Crippen molar-refractivity contribution in [3.63, 3.8) is 0 Å². The molecule has 6 heteroatoms. The molecule has 0 fully saturated rings. The standard InChI is InChI=1S/C5H4N4.C4H4S.H2S/c1-4-5(8-2-6-1)9-3-7-4;1-2-4-5-3-1;/h1-3H,(H,6,7,8,9);1-4H;1H2. The molecule has 3 aromatic rings. The summed E-state index contributed by atoms with van der Waals surface area (Å²) < 4.78 is 0. The molecule has 0 aliphatic rings. The summed E-state index contributed by atoms with van der Waals surface area (Å²) in [5.41, 5.74) is 1.59. The van der Waals surface area contributed by atoms with Gasteiger partial charge >= 0.3 is 0 Å². The molecule has 1 N–H and O–H groups in total. The van der Waals surface area contributed by atoms with Gasteiger partial charge in [0.25, 0.3) is 0 Å². The summed E-state index contributed by atoms with van der Waals surface area (Å²) in [6, 6.07) is 4.04. The van der Waals surface area contributed by atoms with E-state index in [1.807, 2.05) is 22.9 Å². The smallest absolute Gasteiger partial charge is 0.180 e. The normalized spacial score (nSPS) is 8.80. The maximum atomic E-state index is 3.91. The monoisotopic (exact) mass is 238 g/mol. The van der Waals surface area contributed by atoms with Gasteiger partial charge in [-0.2, -0.15) is 24.8 Å². The topological polar surface area (TPSA) is 54.5 Å². The van der Waals surface area contributed by atoms with Crippen molar-refractivity contribution in [2.24, 2.45) is 0 Å². The van der Waals surface area contributed by atoms with Gasteiger partial charge in [0, 0.05) is 0 Å². The molecule has 0 aromatic carbocycles. The summed E-state index contributed by atoms with van der Waals surface area (Å²) in [4.78, 5) is 14.5. The number of hydrogen-bond acceptors (Lipinski definition) is 4. The lowest BCUT2D eigenvalue weighted by molar-refractivity contribution is 1.20. The van der Waals surface area contributed by atoms with E-state index >= 15 is 0 Å². The van der Waals surface area contributed by atoms with E-state index < -0.39 is 0 Å². The van der Waals surface area contributed by atoms with Crippen LogP contribution in [0.3, 0.4) is 0 Å². The molecule has 3 rings (SSSR count). The van der Waals surface area contributed by atoms with E-state index in [0.717, 1.165) is 5.52 Å². The summed E-state index contributed by atoms with van der Waals surface area (Å²) in [6.07, 6.45) is 4.76. The average molecular weight is 238 g/mol. The van der Waals surface area contributed by atoms with Gasteiger partial charge < -0.3 is 4.98 Å². The Labute approximate surface area is 97.9 Å². The van der Waals surface area contributed by atoms with Crippen LogP contribution in [0.4, 0.5) is 0 Å². The zero-order valence-electron chi connectivity index (χ0n) is 7.79. The van der Waals surface area contributed by atoms with Crippen molar-refractivity contribution in [1.29, 1.82) is 0 Å². The highest BCUT2D eigenvalue weighted by molar-refractivity contribution is 7.59. The highest BCUT2D eigenvalue weighted by Crippen LogP contribution is 1.99. The fraction of sp³-hybridized carbons (Fsp3) is 0. The first kappa shape index (κ1) is 11.7. The molecule has 0 radical (unpaired) electrons. The molecule has 3 heterocycles. The lowest BCUT2D eigenvalue weighted by atomic mass is 10.6. The van der Waals surface area contributed by atoms with Crippen molar-refractivity contribution in [3.05, 3.63) is 41.7 Å². The molecule has 0 saturated heterocycles. The molecular formula is C9H10N4S2. The second kappa shape index (κ2) is 6.15. The summed E-state index contributed by atoms with van der Waals surface area (Å²) in [6.45, 7) is 0. The summed E-state index contributed by atoms with van der Waals surface area (Å²) in [5, 5.41) is 4.08. The van der Waals surface area contributed by atoms with Crippen LogP contribution in [-0.4, -0.2) is 19.9 Å². The van der Waals surface area contributed by atoms with Crippen molar-refractivity contribution in [2.45, 2.75) is 0 Å². The zero-order valence-corrected chi connectivity index (χ0v) is 9.61. The van der Waals surface area contributed by atoms with Gasteiger partial charge in [0.15, 0.2) is 5.65 Å². The maximum Gasteiger partial charge on any atom is 0.180 e. The molecular weight excluding hydrogens is 228 g/mol. The number of H-pyrrole nitrogens is 1. The minimum Gasteiger partial charge on any atom is -0.342 e. The number of imidazole rings is 1. The van der Waals surface area contributed by atoms with E-state index in [2.05, 4.69) is 19.9 Å². The first-order chi connectivity index (χ1) is 6.97. The average Bonchev–Trinajstić information content (AvgIpc) is 2.92. The Morgan fingerprint density at radius 2 is 1.93 bits per heavy atom. The third-order valence-electron chi connectivity index (χ3n) is 1.52. The zero-order chi connectivity index (χ0) is 9.64. The lowest BCUT2D eigenvalue weighted by Gasteiger charge is -1.80. The van der Waals surface area contributed by atoms with Gasteiger partial charge in [0.1, 0.15) is 11.8 Å². The Morgan fingerprint density at radius 3 is 2.53 bits per heavy atom. The van der Waals surface area contributed by atoms with Crippen LogP contribution in [0, 0.1) is 0 Å². The SMILES string of the molecule is S.c1ccsc1.c1ncc2[nH]cnc2n1. The molecule has 78 valence electrons. The quantitative estimate of drug-likeness (QED) is 0.653. The first-order valence-corrected chi connectivity index (χ1v) is 4.97. The van der Waals surface area contributed by atoms with Crippen LogP contribution in [-0.2, 0) is 0 Å². The molecule has 0 atom stereocenters. The Kier molecular flexibility index (Phi) is 4.79. The first-order valence-electron chi connectivity index (χ1n) is 4.03. The number of aromatic amines is 1. The van der Waals surface area contributed by atoms with E-state index in [4.69, 9.17) is 0 Å². The summed E-state index contributed by atoms with van der Waals surface area (Å²) >= 11 is 1.71. The second-order valence-corrected chi connectivity index (χ2v) is 3.27. The van der Waals surface area contributed by atoms with Crippen molar-refractivity contribution >= 4 is 36.0 Å². The molecule has 0 bridgehead atoms. The van der Waals surface area contributed by atoms with Crippen LogP contribution in [0.1, 0.15) is 0 Å². The van der Waals surface area contributed by atoms with Gasteiger partial charge in [-0.15, -0.1) is 0 Å². The molecule has 0 aliphatic carbocycles. The number of nitrogens with one attached hydrogen (secondary N) is 1. The van der Waals surface area contributed by atoms with Crippen LogP contribution in [0.15, 0.2) is 41.7 Å². The minimum absolute atomic E-state index is 0. The van der Waals surface area contributed by atoms with E-state index in [1.165, 1.54) is 6.33 Å². The van der Waals surface area contributed by atoms with Crippen molar-refractivity contribution in [2.75, 3.05) is 0 Å². The van der Waals surface area contributed by atoms with E-state index in [1.54, 1.807) is 23.9 Å². The van der Waals surface area contributed by atoms with Crippen LogP contribution in [0.2, 0.25) is 0 Å². The van der Waals surface area contributed by atoms with Crippen molar-refractivity contribution in [3.8, 4) is 0 Å². The third kappa shape index (κ3) is 3.34. The third-order valence-corrected chi connectivity index (χ3v) is 2.15. The lowest BCUT2D eigenvalue weighted by Crippen LogP contribution is -1.76. The fourth-order valence-electron chi connectivity index (χ4n) is 0.918. The minimum atomic E-state index is 0. The van der Waals surface area contributed by atoms with E-state index in [0.29, 0.717) is 5.65 Å². The van der Waals surface area contributed by atoms with Gasteiger partial charge in [0.2, 0.25) is 0 Å². The Morgan fingerprint density at radius 1 is 1.13 bits per heavy atom. The molecule has 4 nitrogen and oxygen atoms in total. The van der Waals surface area contributed by atoms with Crippen LogP contribution in [0.5, 0.6) is 0 Å². The number of aromatic nitrogens is 4. The van der Waals surface area contributed by atoms with Gasteiger partial charge in [-0.05, 0) is 10.8 Å². The van der Waals surface area contributed by atoms with Gasteiger partial charge in [-0.25, -0.2) is 15.0 Å². The molecule has 0 amide bonds. The summed E-state index contributed by atoms with van der Waals surface area (Å²) in [5.74, 6) is 0. The number of hydrogen-bond donors (Lipinski definition) is 1. The highest BCUT2D eigenvalue weighted by atomic mass is 32.1. The van der Waals surface area contributed by atoms with Crippen molar-refractivity contribution in [1.82, 2.24) is 19.9 Å². The van der Waals surface area contributed by atoms with Crippen molar-refractivity contribution < 1.29 is 0 Å². The summed E-state index contributed by atoms with van der Waals surface area (Å²) in [7, 11) is 0. The molecule has 0 saturated carbocycles. The highest BCUT2D eigenvalue weighted by Gasteiger charge is 1.91. The van der Waals surface area contributed by atoms with E-state index in [-0.39, 0.29) is 13.5 Å². The maximum absolute atomic E-state index is 3.91. The Hall–Kier alpha value is -1.40. The number of nitrogens with zero attached hydrogens (tertiary/aromatic N) is 3. The van der Waals surface area contributed by atoms with Crippen LogP contribution >= 0.6 is 24.8 Å². The van der Waals surface area contributed by atoms with Gasteiger partial charge in [-0.1, -0.05) is 12.1 Å². The largest absolute Gasteiger partial charge is 0.342 e. The Bertz CT molecular complexity index is 430. The molecule has 0 aliphatic heterocycles. The second-order valence-electron chi connectivity index (χ2n) is 2.46. The van der Waals surface area contributed by atoms with Gasteiger partial charge in [0.05, 0.1) is 12.5 Å². The van der Waals surface area contributed by atoms with Crippen LogP contribution in [0.25, 0.3) is 11.2 Å². The van der Waals surface area contributed by atoms with E-state index in [9.17, 15) is 0 Å². The number of rotatable bonds is 0. The number of thiophene rings is 1. The fourth-order valence-corrected chi connectivity index (χ4v) is 1.37. The van der Waals surface area contributed by atoms with Gasteiger partial charge in [-0.3, -0.25) is 0 Å². The molecule has 15 heavy (non-hydrogen) atoms. The predicted molar refractivity (Wildman–Crippen MR) is 66.4 cm³/mol. The molecule has 3 aromatic heterocycles. The van der Waals surface area contributed by atoms with Crippen LogP contribution < -0.4 is 0 Å². The Balaban J connectivity index is 0.000000162.